The molecule has 0 radical (unpaired) electrons. The highest BCUT2D eigenvalue weighted by molar-refractivity contribution is 6.23. The fourth-order valence-electron chi connectivity index (χ4n) is 0.759. The average Bonchev–Trinajstić information content (AvgIpc) is 2.05. The minimum atomic E-state index is -0.188. The van der Waals surface area contributed by atoms with Gasteiger partial charge in [-0.3, -0.25) is 9.21 Å². The van der Waals surface area contributed by atoms with Crippen molar-refractivity contribution in [3.63, 3.8) is 0 Å². The van der Waals surface area contributed by atoms with Crippen LogP contribution in [0.3, 0.4) is 0 Å². The number of nitrogens with zero attached hydrogens (tertiary/aromatic N) is 1. The van der Waals surface area contributed by atoms with Gasteiger partial charge in [0.25, 0.3) is 5.91 Å². The van der Waals surface area contributed by atoms with Gasteiger partial charge in [-0.2, -0.15) is 0 Å². The van der Waals surface area contributed by atoms with Gasteiger partial charge in [-0.25, -0.2) is 0 Å². The van der Waals surface area contributed by atoms with Crippen LogP contribution in [0.15, 0.2) is 30.3 Å². The highest BCUT2D eigenvalue weighted by Gasteiger charge is 2.06. The van der Waals surface area contributed by atoms with E-state index in [1.165, 1.54) is 7.05 Å². The number of rotatable bonds is 1. The Kier molecular flexibility index (Phi) is 2.49. The van der Waals surface area contributed by atoms with E-state index in [0.717, 1.165) is 4.42 Å². The van der Waals surface area contributed by atoms with Crippen molar-refractivity contribution < 1.29 is 4.79 Å². The van der Waals surface area contributed by atoms with Crippen LogP contribution < -0.4 is 0 Å². The Morgan fingerprint density at radius 1 is 1.36 bits per heavy atom. The maximum atomic E-state index is 11.1. The van der Waals surface area contributed by atoms with E-state index >= 15 is 0 Å². The molecular formula is C8H8ClNO. The van der Waals surface area contributed by atoms with E-state index in [-0.39, 0.29) is 5.91 Å². The molecule has 1 aromatic rings. The van der Waals surface area contributed by atoms with Crippen LogP contribution in [-0.2, 0) is 0 Å². The summed E-state index contributed by atoms with van der Waals surface area (Å²) in [7, 11) is 1.51. The molecule has 0 bridgehead atoms. The predicted octanol–water partition coefficient (Wildman–Crippen LogP) is 1.91. The van der Waals surface area contributed by atoms with Gasteiger partial charge in [0.1, 0.15) is 0 Å². The van der Waals surface area contributed by atoms with Crippen LogP contribution in [-0.4, -0.2) is 17.4 Å². The summed E-state index contributed by atoms with van der Waals surface area (Å²) in [4.78, 5) is 11.1. The third kappa shape index (κ3) is 1.95. The molecule has 0 heterocycles. The van der Waals surface area contributed by atoms with Crippen LogP contribution in [0.25, 0.3) is 0 Å². The largest absolute Gasteiger partial charge is 0.268 e. The summed E-state index contributed by atoms with van der Waals surface area (Å²) >= 11 is 5.45. The second-order valence-electron chi connectivity index (χ2n) is 2.15. The van der Waals surface area contributed by atoms with E-state index in [1.807, 2.05) is 6.07 Å². The Bertz CT molecular complexity index is 246. The molecule has 0 aliphatic heterocycles. The van der Waals surface area contributed by atoms with Crippen LogP contribution in [0.5, 0.6) is 0 Å². The average molecular weight is 170 g/mol. The lowest BCUT2D eigenvalue weighted by molar-refractivity contribution is 0.0885. The Hall–Kier alpha value is -1.02. The number of amides is 1. The van der Waals surface area contributed by atoms with Gasteiger partial charge in [0.05, 0.1) is 0 Å². The molecule has 1 aromatic carbocycles. The van der Waals surface area contributed by atoms with Crippen LogP contribution in [0.2, 0.25) is 0 Å². The van der Waals surface area contributed by atoms with Gasteiger partial charge in [-0.15, -0.1) is 0 Å². The fraction of sp³-hybridized carbons (Fsp3) is 0.125. The van der Waals surface area contributed by atoms with Crippen molar-refractivity contribution in [1.29, 1.82) is 0 Å². The highest BCUT2D eigenvalue weighted by atomic mass is 35.5. The molecule has 0 saturated carbocycles. The Morgan fingerprint density at radius 3 is 2.36 bits per heavy atom. The molecule has 0 spiro atoms. The van der Waals surface area contributed by atoms with Crippen molar-refractivity contribution in [3.8, 4) is 0 Å². The summed E-state index contributed by atoms with van der Waals surface area (Å²) in [6.45, 7) is 0. The summed E-state index contributed by atoms with van der Waals surface area (Å²) < 4.78 is 1.04. The van der Waals surface area contributed by atoms with Crippen LogP contribution >= 0.6 is 11.8 Å². The van der Waals surface area contributed by atoms with Gasteiger partial charge in [-0.05, 0) is 12.1 Å². The van der Waals surface area contributed by atoms with E-state index in [2.05, 4.69) is 0 Å². The Morgan fingerprint density at radius 2 is 1.91 bits per heavy atom. The van der Waals surface area contributed by atoms with Crippen molar-refractivity contribution in [2.75, 3.05) is 7.05 Å². The van der Waals surface area contributed by atoms with E-state index < -0.39 is 0 Å². The number of carbonyl (C=O) groups is 1. The molecule has 1 rings (SSSR count). The molecule has 0 atom stereocenters. The summed E-state index contributed by atoms with van der Waals surface area (Å²) in [5, 5.41) is 0. The van der Waals surface area contributed by atoms with Crippen molar-refractivity contribution >= 4 is 17.7 Å². The molecule has 0 N–H and O–H groups in total. The zero-order valence-corrected chi connectivity index (χ0v) is 6.88. The molecule has 3 heteroatoms. The standard InChI is InChI=1S/C8H8ClNO/c1-10(9)8(11)7-5-3-2-4-6-7/h2-6H,1H3. The molecule has 58 valence electrons. The van der Waals surface area contributed by atoms with E-state index in [0.29, 0.717) is 5.56 Å². The van der Waals surface area contributed by atoms with Crippen LogP contribution in [0, 0.1) is 0 Å². The molecule has 2 nitrogen and oxygen atoms in total. The first-order chi connectivity index (χ1) is 5.22. The third-order valence-corrected chi connectivity index (χ3v) is 1.45. The maximum absolute atomic E-state index is 11.1. The zero-order valence-electron chi connectivity index (χ0n) is 6.12. The lowest BCUT2D eigenvalue weighted by atomic mass is 10.2. The number of hydrogen-bond acceptors (Lipinski definition) is 1. The minimum Gasteiger partial charge on any atom is -0.268 e. The van der Waals surface area contributed by atoms with Gasteiger partial charge in [0.2, 0.25) is 0 Å². The lowest BCUT2D eigenvalue weighted by Gasteiger charge is -2.05. The van der Waals surface area contributed by atoms with E-state index in [4.69, 9.17) is 11.8 Å². The first-order valence-corrected chi connectivity index (χ1v) is 3.54. The molecule has 1 amide bonds. The Balaban J connectivity index is 2.86. The summed E-state index contributed by atoms with van der Waals surface area (Å²) in [6, 6.07) is 8.90. The molecule has 0 unspecified atom stereocenters. The first-order valence-electron chi connectivity index (χ1n) is 3.20. The van der Waals surface area contributed by atoms with E-state index in [1.54, 1.807) is 24.3 Å². The zero-order chi connectivity index (χ0) is 8.27. The van der Waals surface area contributed by atoms with E-state index in [9.17, 15) is 4.79 Å². The molecular weight excluding hydrogens is 162 g/mol. The normalized spacial score (nSPS) is 9.27. The smallest absolute Gasteiger partial charge is 0.267 e. The third-order valence-electron chi connectivity index (χ3n) is 1.30. The highest BCUT2D eigenvalue weighted by Crippen LogP contribution is 2.03. The fourth-order valence-corrected chi connectivity index (χ4v) is 0.856. The topological polar surface area (TPSA) is 20.3 Å². The SMILES string of the molecule is CN(Cl)C(=O)c1ccccc1. The molecule has 0 fully saturated rings. The van der Waals surface area contributed by atoms with Gasteiger partial charge < -0.3 is 0 Å². The Labute approximate surface area is 70.5 Å². The quantitative estimate of drug-likeness (QED) is 0.589. The monoisotopic (exact) mass is 169 g/mol. The molecule has 0 aliphatic carbocycles. The number of benzene rings is 1. The van der Waals surface area contributed by atoms with Crippen molar-refractivity contribution in [3.05, 3.63) is 35.9 Å². The summed E-state index contributed by atoms with van der Waals surface area (Å²) in [5.41, 5.74) is 0.602. The number of carbonyl (C=O) groups excluding carboxylic acids is 1. The number of hydrogen-bond donors (Lipinski definition) is 0. The maximum Gasteiger partial charge on any atom is 0.267 e. The summed E-state index contributed by atoms with van der Waals surface area (Å²) in [5.74, 6) is -0.188. The molecule has 11 heavy (non-hydrogen) atoms. The first kappa shape index (κ1) is 8.08. The molecule has 0 aromatic heterocycles. The van der Waals surface area contributed by atoms with Crippen LogP contribution in [0.1, 0.15) is 10.4 Å². The molecule has 0 aliphatic rings. The van der Waals surface area contributed by atoms with Crippen molar-refractivity contribution in [1.82, 2.24) is 4.42 Å². The van der Waals surface area contributed by atoms with Crippen LogP contribution in [0.4, 0.5) is 0 Å². The molecule has 0 saturated heterocycles. The van der Waals surface area contributed by atoms with Gasteiger partial charge in [-0.1, -0.05) is 18.2 Å². The second kappa shape index (κ2) is 3.39. The minimum absolute atomic E-state index is 0.188. The predicted molar refractivity (Wildman–Crippen MR) is 44.4 cm³/mol. The number of halogens is 1. The second-order valence-corrected chi connectivity index (χ2v) is 2.66. The van der Waals surface area contributed by atoms with Gasteiger partial charge in [0, 0.05) is 24.4 Å². The summed E-state index contributed by atoms with van der Waals surface area (Å²) in [6.07, 6.45) is 0. The lowest BCUT2D eigenvalue weighted by Crippen LogP contribution is -2.15. The van der Waals surface area contributed by atoms with Gasteiger partial charge >= 0.3 is 0 Å². The van der Waals surface area contributed by atoms with Crippen molar-refractivity contribution in [2.45, 2.75) is 0 Å². The van der Waals surface area contributed by atoms with Gasteiger partial charge in [0.15, 0.2) is 0 Å². The van der Waals surface area contributed by atoms with Crippen molar-refractivity contribution in [2.24, 2.45) is 0 Å².